The zero-order chi connectivity index (χ0) is 11.7. The minimum atomic E-state index is -0.870. The molecular formula is C11H9BN2O3. The lowest BCUT2D eigenvalue weighted by Gasteiger charge is -2.05. The first-order valence-corrected chi connectivity index (χ1v) is 5.20. The first kappa shape index (κ1) is 10.3. The Kier molecular flexibility index (Phi) is 2.51. The SMILES string of the molecule is OB1OCc2ccc(Oc3ncccn3)cc21. The molecule has 5 nitrogen and oxygen atoms in total. The van der Waals surface area contributed by atoms with Gasteiger partial charge in [0.05, 0.1) is 6.61 Å². The van der Waals surface area contributed by atoms with E-state index in [1.54, 1.807) is 30.6 Å². The topological polar surface area (TPSA) is 64.5 Å². The van der Waals surface area contributed by atoms with E-state index in [-0.39, 0.29) is 6.01 Å². The third kappa shape index (κ3) is 2.00. The smallest absolute Gasteiger partial charge is 0.424 e. The number of benzene rings is 1. The minimum absolute atomic E-state index is 0.279. The molecule has 2 aromatic rings. The van der Waals surface area contributed by atoms with Gasteiger partial charge in [-0.05, 0) is 29.2 Å². The van der Waals surface area contributed by atoms with Crippen LogP contribution in [-0.4, -0.2) is 22.1 Å². The predicted octanol–water partition coefficient (Wildman–Crippen LogP) is 0.487. The Hall–Kier alpha value is -1.92. The van der Waals surface area contributed by atoms with Gasteiger partial charge in [0.2, 0.25) is 0 Å². The van der Waals surface area contributed by atoms with E-state index in [2.05, 4.69) is 9.97 Å². The maximum absolute atomic E-state index is 9.56. The average molecular weight is 228 g/mol. The van der Waals surface area contributed by atoms with Crippen LogP contribution in [0, 0.1) is 0 Å². The molecular weight excluding hydrogens is 219 g/mol. The van der Waals surface area contributed by atoms with E-state index in [9.17, 15) is 5.02 Å². The Bertz CT molecular complexity index is 535. The summed E-state index contributed by atoms with van der Waals surface area (Å²) >= 11 is 0. The molecule has 0 aliphatic carbocycles. The van der Waals surface area contributed by atoms with E-state index in [0.717, 1.165) is 11.0 Å². The zero-order valence-electron chi connectivity index (χ0n) is 8.91. The van der Waals surface area contributed by atoms with E-state index < -0.39 is 7.12 Å². The largest absolute Gasteiger partial charge is 0.491 e. The molecule has 0 radical (unpaired) electrons. The van der Waals surface area contributed by atoms with Gasteiger partial charge in [-0.25, -0.2) is 9.97 Å². The second kappa shape index (κ2) is 4.16. The van der Waals surface area contributed by atoms with Crippen molar-refractivity contribution in [1.29, 1.82) is 0 Å². The molecule has 0 unspecified atom stereocenters. The molecule has 1 aromatic carbocycles. The standard InChI is InChI=1S/C11H9BN2O3/c15-12-10-6-9(3-2-8(10)7-16-12)17-11-13-4-1-5-14-11/h1-6,15H,7H2. The molecule has 0 atom stereocenters. The van der Waals surface area contributed by atoms with E-state index in [1.165, 1.54) is 0 Å². The summed E-state index contributed by atoms with van der Waals surface area (Å²) in [4.78, 5) is 7.92. The summed E-state index contributed by atoms with van der Waals surface area (Å²) in [6, 6.07) is 7.40. The van der Waals surface area contributed by atoms with Gasteiger partial charge in [-0.2, -0.15) is 0 Å². The second-order valence-corrected chi connectivity index (χ2v) is 3.66. The van der Waals surface area contributed by atoms with Gasteiger partial charge in [0.15, 0.2) is 0 Å². The fourth-order valence-corrected chi connectivity index (χ4v) is 1.70. The normalized spacial score (nSPS) is 13.6. The Morgan fingerprint density at radius 3 is 2.94 bits per heavy atom. The van der Waals surface area contributed by atoms with Crippen molar-refractivity contribution < 1.29 is 14.4 Å². The lowest BCUT2D eigenvalue weighted by Crippen LogP contribution is -2.27. The summed E-state index contributed by atoms with van der Waals surface area (Å²) in [5.41, 5.74) is 1.71. The molecule has 1 aromatic heterocycles. The molecule has 6 heteroatoms. The van der Waals surface area contributed by atoms with Crippen molar-refractivity contribution in [1.82, 2.24) is 9.97 Å². The summed E-state index contributed by atoms with van der Waals surface area (Å²) < 4.78 is 10.6. The highest BCUT2D eigenvalue weighted by molar-refractivity contribution is 6.61. The van der Waals surface area contributed by atoms with E-state index >= 15 is 0 Å². The Morgan fingerprint density at radius 1 is 1.29 bits per heavy atom. The lowest BCUT2D eigenvalue weighted by atomic mass is 9.79. The molecule has 0 fully saturated rings. The van der Waals surface area contributed by atoms with Crippen LogP contribution in [0.15, 0.2) is 36.7 Å². The molecule has 0 saturated carbocycles. The molecule has 1 N–H and O–H groups in total. The van der Waals surface area contributed by atoms with Crippen molar-refractivity contribution in [3.8, 4) is 11.8 Å². The predicted molar refractivity (Wildman–Crippen MR) is 60.9 cm³/mol. The number of fused-ring (bicyclic) bond motifs is 1. The van der Waals surface area contributed by atoms with Crippen molar-refractivity contribution in [3.63, 3.8) is 0 Å². The van der Waals surface area contributed by atoms with Crippen LogP contribution in [0.3, 0.4) is 0 Å². The van der Waals surface area contributed by atoms with Crippen molar-refractivity contribution in [2.75, 3.05) is 0 Å². The fourth-order valence-electron chi connectivity index (χ4n) is 1.70. The molecule has 3 rings (SSSR count). The van der Waals surface area contributed by atoms with Gasteiger partial charge in [0.1, 0.15) is 5.75 Å². The Balaban J connectivity index is 1.88. The van der Waals surface area contributed by atoms with E-state index in [0.29, 0.717) is 12.4 Å². The maximum atomic E-state index is 9.56. The van der Waals surface area contributed by atoms with Gasteiger partial charge >= 0.3 is 13.1 Å². The van der Waals surface area contributed by atoms with E-state index in [1.807, 2.05) is 6.07 Å². The number of ether oxygens (including phenoxy) is 1. The quantitative estimate of drug-likeness (QED) is 0.757. The number of hydrogen-bond acceptors (Lipinski definition) is 5. The number of nitrogens with zero attached hydrogens (tertiary/aromatic N) is 2. The fraction of sp³-hybridized carbons (Fsp3) is 0.0909. The monoisotopic (exact) mass is 228 g/mol. The number of aromatic nitrogens is 2. The third-order valence-corrected chi connectivity index (χ3v) is 2.53. The Morgan fingerprint density at radius 2 is 2.12 bits per heavy atom. The summed E-state index contributed by atoms with van der Waals surface area (Å²) in [6.07, 6.45) is 3.21. The molecule has 0 spiro atoms. The summed E-state index contributed by atoms with van der Waals surface area (Å²) in [6.45, 7) is 0.429. The first-order valence-electron chi connectivity index (χ1n) is 5.20. The highest BCUT2D eigenvalue weighted by Gasteiger charge is 2.27. The molecule has 0 bridgehead atoms. The zero-order valence-corrected chi connectivity index (χ0v) is 8.91. The summed E-state index contributed by atoms with van der Waals surface area (Å²) in [5.74, 6) is 0.583. The van der Waals surface area contributed by atoms with Crippen LogP contribution < -0.4 is 10.2 Å². The first-order chi connectivity index (χ1) is 8.33. The van der Waals surface area contributed by atoms with Gasteiger partial charge in [-0.1, -0.05) is 6.07 Å². The van der Waals surface area contributed by atoms with E-state index in [4.69, 9.17) is 9.39 Å². The third-order valence-electron chi connectivity index (χ3n) is 2.53. The van der Waals surface area contributed by atoms with Crippen molar-refractivity contribution in [3.05, 3.63) is 42.2 Å². The van der Waals surface area contributed by atoms with Gasteiger partial charge in [-0.3, -0.25) is 0 Å². The van der Waals surface area contributed by atoms with Crippen LogP contribution in [0.4, 0.5) is 0 Å². The summed E-state index contributed by atoms with van der Waals surface area (Å²) in [7, 11) is -0.870. The molecule has 84 valence electrons. The van der Waals surface area contributed by atoms with Gasteiger partial charge in [0, 0.05) is 12.4 Å². The van der Waals surface area contributed by atoms with Crippen LogP contribution in [-0.2, 0) is 11.3 Å². The Labute approximate surface area is 98.2 Å². The number of hydrogen-bond donors (Lipinski definition) is 1. The number of rotatable bonds is 2. The average Bonchev–Trinajstić information content (AvgIpc) is 2.73. The highest BCUT2D eigenvalue weighted by atomic mass is 16.5. The van der Waals surface area contributed by atoms with Crippen molar-refractivity contribution in [2.24, 2.45) is 0 Å². The molecule has 0 amide bonds. The van der Waals surface area contributed by atoms with Crippen LogP contribution in [0.25, 0.3) is 0 Å². The van der Waals surface area contributed by atoms with Gasteiger partial charge < -0.3 is 14.4 Å². The van der Waals surface area contributed by atoms with Crippen LogP contribution in [0.5, 0.6) is 11.8 Å². The summed E-state index contributed by atoms with van der Waals surface area (Å²) in [5, 5.41) is 9.56. The van der Waals surface area contributed by atoms with Crippen molar-refractivity contribution in [2.45, 2.75) is 6.61 Å². The molecule has 0 saturated heterocycles. The highest BCUT2D eigenvalue weighted by Crippen LogP contribution is 2.19. The minimum Gasteiger partial charge on any atom is -0.424 e. The molecule has 17 heavy (non-hydrogen) atoms. The van der Waals surface area contributed by atoms with Crippen LogP contribution >= 0.6 is 0 Å². The van der Waals surface area contributed by atoms with Crippen molar-refractivity contribution >= 4 is 12.6 Å². The molecule has 1 aliphatic rings. The van der Waals surface area contributed by atoms with Crippen LogP contribution in [0.2, 0.25) is 0 Å². The molecule has 1 aliphatic heterocycles. The maximum Gasteiger partial charge on any atom is 0.491 e. The van der Waals surface area contributed by atoms with Crippen LogP contribution in [0.1, 0.15) is 5.56 Å². The van der Waals surface area contributed by atoms with Gasteiger partial charge in [-0.15, -0.1) is 0 Å². The lowest BCUT2D eigenvalue weighted by molar-refractivity contribution is 0.275. The second-order valence-electron chi connectivity index (χ2n) is 3.66. The van der Waals surface area contributed by atoms with Gasteiger partial charge in [0.25, 0.3) is 0 Å². The molecule has 2 heterocycles.